The number of nitrogens with one attached hydrogen (secondary N) is 1. The zero-order valence-corrected chi connectivity index (χ0v) is 11.0. The second kappa shape index (κ2) is 4.56. The van der Waals surface area contributed by atoms with E-state index in [-0.39, 0.29) is 11.4 Å². The van der Waals surface area contributed by atoms with Gasteiger partial charge in [-0.15, -0.1) is 11.6 Å². The van der Waals surface area contributed by atoms with Crippen LogP contribution in [0.5, 0.6) is 0 Å². The first-order valence-corrected chi connectivity index (χ1v) is 6.90. The van der Waals surface area contributed by atoms with E-state index < -0.39 is 0 Å². The fourth-order valence-corrected chi connectivity index (χ4v) is 3.39. The molecule has 2 fully saturated rings. The molecule has 2 nitrogen and oxygen atoms in total. The number of alkyl halides is 1. The molecule has 1 N–H and O–H groups in total. The summed E-state index contributed by atoms with van der Waals surface area (Å²) in [6, 6.07) is 0. The number of fused-ring (bicyclic) bond motifs is 2. The highest BCUT2D eigenvalue weighted by molar-refractivity contribution is 6.18. The number of halogens is 1. The summed E-state index contributed by atoms with van der Waals surface area (Å²) in [6.07, 6.45) is 6.11. The molecule has 0 heterocycles. The van der Waals surface area contributed by atoms with Crippen molar-refractivity contribution >= 4 is 17.5 Å². The Bertz CT molecular complexity index is 277. The van der Waals surface area contributed by atoms with E-state index in [1.54, 1.807) is 0 Å². The number of hydrogen-bond donors (Lipinski definition) is 1. The van der Waals surface area contributed by atoms with E-state index in [1.165, 1.54) is 25.7 Å². The summed E-state index contributed by atoms with van der Waals surface area (Å²) in [5.74, 6) is 3.04. The van der Waals surface area contributed by atoms with E-state index >= 15 is 0 Å². The maximum atomic E-state index is 11.9. The van der Waals surface area contributed by atoms with Crippen LogP contribution in [-0.4, -0.2) is 17.3 Å². The topological polar surface area (TPSA) is 29.1 Å². The Kier molecular flexibility index (Phi) is 3.48. The van der Waals surface area contributed by atoms with Crippen LogP contribution in [0.25, 0.3) is 0 Å². The van der Waals surface area contributed by atoms with Gasteiger partial charge in [0.05, 0.1) is 0 Å². The van der Waals surface area contributed by atoms with Gasteiger partial charge >= 0.3 is 0 Å². The Morgan fingerprint density at radius 2 is 2.12 bits per heavy atom. The summed E-state index contributed by atoms with van der Waals surface area (Å²) in [4.78, 5) is 11.9. The lowest BCUT2D eigenvalue weighted by molar-refractivity contribution is -0.123. The fraction of sp³-hybridized carbons (Fsp3) is 0.923. The van der Waals surface area contributed by atoms with E-state index in [4.69, 9.17) is 11.6 Å². The van der Waals surface area contributed by atoms with Crippen molar-refractivity contribution in [2.24, 2.45) is 17.8 Å². The molecule has 0 saturated heterocycles. The normalized spacial score (nSPS) is 33.1. The van der Waals surface area contributed by atoms with Crippen LogP contribution in [0, 0.1) is 17.8 Å². The summed E-state index contributed by atoms with van der Waals surface area (Å²) in [7, 11) is 0. The molecule has 2 aliphatic rings. The van der Waals surface area contributed by atoms with Crippen LogP contribution in [0.15, 0.2) is 0 Å². The molecule has 0 aliphatic heterocycles. The van der Waals surface area contributed by atoms with E-state index in [9.17, 15) is 4.79 Å². The molecule has 0 aromatic carbocycles. The number of carbonyl (C=O) groups excluding carboxylic acids is 1. The van der Waals surface area contributed by atoms with Gasteiger partial charge in [0, 0.05) is 17.8 Å². The molecule has 2 aliphatic carbocycles. The van der Waals surface area contributed by atoms with Gasteiger partial charge in [-0.25, -0.2) is 0 Å². The molecule has 1 amide bonds. The minimum atomic E-state index is -0.268. The standard InChI is InChI=1S/C13H22ClNO/c1-13(2,8-14)15-12(16)7-11-6-9-3-4-10(11)5-9/h9-11H,3-8H2,1-2H3,(H,15,16). The van der Waals surface area contributed by atoms with Crippen molar-refractivity contribution in [1.82, 2.24) is 5.32 Å². The Balaban J connectivity index is 1.80. The molecule has 2 rings (SSSR count). The van der Waals surface area contributed by atoms with Gasteiger partial charge in [-0.3, -0.25) is 4.79 Å². The lowest BCUT2D eigenvalue weighted by Crippen LogP contribution is -2.45. The summed E-state index contributed by atoms with van der Waals surface area (Å²) < 4.78 is 0. The lowest BCUT2D eigenvalue weighted by atomic mass is 9.86. The van der Waals surface area contributed by atoms with Crippen LogP contribution in [0.1, 0.15) is 46.0 Å². The Morgan fingerprint density at radius 3 is 2.62 bits per heavy atom. The Morgan fingerprint density at radius 1 is 1.38 bits per heavy atom. The average Bonchev–Trinajstić information content (AvgIpc) is 2.78. The van der Waals surface area contributed by atoms with Crippen molar-refractivity contribution in [3.05, 3.63) is 0 Å². The van der Waals surface area contributed by atoms with Crippen molar-refractivity contribution in [3.8, 4) is 0 Å². The zero-order chi connectivity index (χ0) is 11.8. The largest absolute Gasteiger partial charge is 0.350 e. The third-order valence-electron chi connectivity index (χ3n) is 4.14. The van der Waals surface area contributed by atoms with E-state index in [0.717, 1.165) is 11.8 Å². The molecule has 3 heteroatoms. The second-order valence-corrected chi connectivity index (χ2v) is 6.47. The zero-order valence-electron chi connectivity index (χ0n) is 10.3. The minimum absolute atomic E-state index is 0.184. The minimum Gasteiger partial charge on any atom is -0.350 e. The first-order valence-electron chi connectivity index (χ1n) is 6.37. The van der Waals surface area contributed by atoms with Crippen molar-refractivity contribution < 1.29 is 4.79 Å². The third kappa shape index (κ3) is 2.71. The van der Waals surface area contributed by atoms with Crippen LogP contribution >= 0.6 is 11.6 Å². The second-order valence-electron chi connectivity index (χ2n) is 6.20. The number of rotatable bonds is 4. The smallest absolute Gasteiger partial charge is 0.220 e. The van der Waals surface area contributed by atoms with Gasteiger partial charge < -0.3 is 5.32 Å². The maximum Gasteiger partial charge on any atom is 0.220 e. The molecule has 0 aromatic rings. The van der Waals surface area contributed by atoms with Gasteiger partial charge in [-0.05, 0) is 50.9 Å². The molecule has 16 heavy (non-hydrogen) atoms. The molecule has 3 atom stereocenters. The van der Waals surface area contributed by atoms with Gasteiger partial charge in [0.1, 0.15) is 0 Å². The van der Waals surface area contributed by atoms with E-state index in [0.29, 0.717) is 18.2 Å². The highest BCUT2D eigenvalue weighted by Gasteiger charge is 2.40. The molecular weight excluding hydrogens is 222 g/mol. The van der Waals surface area contributed by atoms with Crippen LogP contribution in [-0.2, 0) is 4.79 Å². The van der Waals surface area contributed by atoms with Gasteiger partial charge in [0.15, 0.2) is 0 Å². The maximum absolute atomic E-state index is 11.9. The molecule has 0 spiro atoms. The van der Waals surface area contributed by atoms with Gasteiger partial charge in [-0.1, -0.05) is 6.42 Å². The van der Waals surface area contributed by atoms with Gasteiger partial charge in [0.25, 0.3) is 0 Å². The first-order chi connectivity index (χ1) is 7.50. The van der Waals surface area contributed by atoms with Crippen molar-refractivity contribution in [1.29, 1.82) is 0 Å². The number of carbonyl (C=O) groups is 1. The quantitative estimate of drug-likeness (QED) is 0.756. The van der Waals surface area contributed by atoms with E-state index in [2.05, 4.69) is 5.32 Å². The van der Waals surface area contributed by atoms with E-state index in [1.807, 2.05) is 13.8 Å². The Labute approximate surface area is 103 Å². The molecule has 2 bridgehead atoms. The molecule has 3 unspecified atom stereocenters. The number of hydrogen-bond acceptors (Lipinski definition) is 1. The van der Waals surface area contributed by atoms with Crippen LogP contribution in [0.4, 0.5) is 0 Å². The highest BCUT2D eigenvalue weighted by Crippen LogP contribution is 2.49. The highest BCUT2D eigenvalue weighted by atomic mass is 35.5. The van der Waals surface area contributed by atoms with Crippen molar-refractivity contribution in [2.45, 2.75) is 51.5 Å². The first kappa shape index (κ1) is 12.2. The van der Waals surface area contributed by atoms with Gasteiger partial charge in [0.2, 0.25) is 5.91 Å². The SMILES string of the molecule is CC(C)(CCl)NC(=O)CC1CC2CCC1C2. The van der Waals surface area contributed by atoms with Gasteiger partial charge in [-0.2, -0.15) is 0 Å². The Hall–Kier alpha value is -0.240. The van der Waals surface area contributed by atoms with Crippen LogP contribution in [0.3, 0.4) is 0 Å². The molecule has 2 saturated carbocycles. The summed E-state index contributed by atoms with van der Waals surface area (Å²) in [5, 5.41) is 3.02. The summed E-state index contributed by atoms with van der Waals surface area (Å²) >= 11 is 5.80. The molecular formula is C13H22ClNO. The average molecular weight is 244 g/mol. The van der Waals surface area contributed by atoms with Crippen molar-refractivity contribution in [2.75, 3.05) is 5.88 Å². The predicted octanol–water partition coefficient (Wildman–Crippen LogP) is 2.95. The van der Waals surface area contributed by atoms with Crippen molar-refractivity contribution in [3.63, 3.8) is 0 Å². The third-order valence-corrected chi connectivity index (χ3v) is 4.81. The summed E-state index contributed by atoms with van der Waals surface area (Å²) in [5.41, 5.74) is -0.268. The van der Waals surface area contributed by atoms with Crippen LogP contribution < -0.4 is 5.32 Å². The molecule has 92 valence electrons. The molecule has 0 radical (unpaired) electrons. The van der Waals surface area contributed by atoms with Crippen LogP contribution in [0.2, 0.25) is 0 Å². The molecule has 0 aromatic heterocycles. The summed E-state index contributed by atoms with van der Waals surface area (Å²) in [6.45, 7) is 3.94. The fourth-order valence-electron chi connectivity index (χ4n) is 3.33. The lowest BCUT2D eigenvalue weighted by Gasteiger charge is -2.26. The number of amides is 1. The monoisotopic (exact) mass is 243 g/mol. The predicted molar refractivity (Wildman–Crippen MR) is 66.5 cm³/mol.